The van der Waals surface area contributed by atoms with Crippen molar-refractivity contribution in [3.8, 4) is 0 Å². The average molecular weight is 663 g/mol. The molecule has 2 nitrogen and oxygen atoms in total. The summed E-state index contributed by atoms with van der Waals surface area (Å²) in [6.45, 7) is 19.7. The highest BCUT2D eigenvalue weighted by Gasteiger charge is 2.28. The number of allylic oxidation sites excluding steroid dienone is 16. The first-order chi connectivity index (χ1) is 23.4. The van der Waals surface area contributed by atoms with Crippen molar-refractivity contribution in [3.05, 3.63) is 128 Å². The van der Waals surface area contributed by atoms with Gasteiger partial charge in [0, 0.05) is 22.3 Å². The van der Waals surface area contributed by atoms with Crippen LogP contribution in [-0.4, -0.2) is 11.6 Å². The number of benzene rings is 1. The van der Waals surface area contributed by atoms with Gasteiger partial charge >= 0.3 is 0 Å². The summed E-state index contributed by atoms with van der Waals surface area (Å²) in [5.74, 6) is -0.0307. The Labute approximate surface area is 300 Å². The Morgan fingerprint density at radius 2 is 0.776 bits per heavy atom. The second-order valence-electron chi connectivity index (χ2n) is 14.5. The molecular weight excluding hydrogens is 597 g/mol. The number of carbonyl (C=O) groups is 2. The lowest BCUT2D eigenvalue weighted by atomic mass is 9.83. The molecule has 0 saturated carbocycles. The summed E-state index contributed by atoms with van der Waals surface area (Å²) < 4.78 is 0. The molecule has 1 aromatic carbocycles. The van der Waals surface area contributed by atoms with E-state index in [1.54, 1.807) is 19.1 Å². The third-order valence-corrected chi connectivity index (χ3v) is 9.88. The number of rotatable bonds is 21. The van der Waals surface area contributed by atoms with Gasteiger partial charge in [-0.15, -0.1) is 0 Å². The van der Waals surface area contributed by atoms with Crippen molar-refractivity contribution in [3.63, 3.8) is 0 Å². The lowest BCUT2D eigenvalue weighted by Crippen LogP contribution is -2.20. The number of hydrogen-bond acceptors (Lipinski definition) is 2. The van der Waals surface area contributed by atoms with Crippen LogP contribution < -0.4 is 0 Å². The molecule has 1 aliphatic rings. The van der Waals surface area contributed by atoms with E-state index in [2.05, 4.69) is 97.9 Å². The van der Waals surface area contributed by atoms with Gasteiger partial charge in [0.2, 0.25) is 0 Å². The van der Waals surface area contributed by atoms with E-state index < -0.39 is 0 Å². The van der Waals surface area contributed by atoms with Gasteiger partial charge in [0.15, 0.2) is 11.6 Å². The highest BCUT2D eigenvalue weighted by molar-refractivity contribution is 6.26. The normalized spacial score (nSPS) is 15.8. The van der Waals surface area contributed by atoms with E-state index in [-0.39, 0.29) is 11.6 Å². The Balaban J connectivity index is 1.64. The van der Waals surface area contributed by atoms with Gasteiger partial charge in [-0.2, -0.15) is 0 Å². The molecule has 0 unspecified atom stereocenters. The van der Waals surface area contributed by atoms with Crippen molar-refractivity contribution in [2.24, 2.45) is 0 Å². The molecule has 0 N–H and O–H groups in total. The second kappa shape index (κ2) is 23.0. The number of ketones is 2. The molecule has 1 aliphatic carbocycles. The minimum Gasteiger partial charge on any atom is -0.289 e. The Morgan fingerprint density at radius 1 is 0.469 bits per heavy atom. The van der Waals surface area contributed by atoms with Crippen molar-refractivity contribution in [1.82, 2.24) is 0 Å². The molecule has 0 fully saturated rings. The van der Waals surface area contributed by atoms with E-state index in [9.17, 15) is 9.59 Å². The van der Waals surface area contributed by atoms with Gasteiger partial charge in [0.25, 0.3) is 0 Å². The smallest absolute Gasteiger partial charge is 0.190 e. The molecule has 0 atom stereocenters. The zero-order valence-electron chi connectivity index (χ0n) is 32.6. The maximum atomic E-state index is 13.0. The largest absolute Gasteiger partial charge is 0.289 e. The molecule has 0 amide bonds. The molecule has 1 aromatic rings. The Kier molecular flexibility index (Phi) is 19.5. The summed E-state index contributed by atoms with van der Waals surface area (Å²) in [5, 5.41) is 0. The van der Waals surface area contributed by atoms with Crippen LogP contribution in [0.1, 0.15) is 173 Å². The molecule has 0 spiro atoms. The lowest BCUT2D eigenvalue weighted by Gasteiger charge is -2.18. The van der Waals surface area contributed by atoms with Gasteiger partial charge in [0.1, 0.15) is 0 Å². The molecule has 0 heterocycles. The van der Waals surface area contributed by atoms with Crippen LogP contribution in [0.2, 0.25) is 0 Å². The highest BCUT2D eigenvalue weighted by Crippen LogP contribution is 2.28. The predicted octanol–water partition coefficient (Wildman–Crippen LogP) is 14.5. The number of hydrogen-bond donors (Lipinski definition) is 0. The first-order valence-corrected chi connectivity index (χ1v) is 18.9. The summed E-state index contributed by atoms with van der Waals surface area (Å²) in [6, 6.07) is 7.16. The van der Waals surface area contributed by atoms with Crippen LogP contribution >= 0.6 is 0 Å². The van der Waals surface area contributed by atoms with Gasteiger partial charge in [-0.25, -0.2) is 0 Å². The summed E-state index contributed by atoms with van der Waals surface area (Å²) in [6.07, 6.45) is 31.6. The Bertz CT molecular complexity index is 1510. The molecule has 2 rings (SSSR count). The summed E-state index contributed by atoms with van der Waals surface area (Å²) in [5.41, 5.74) is 12.5. The molecule has 0 aromatic heterocycles. The van der Waals surface area contributed by atoms with E-state index in [1.165, 1.54) is 58.3 Å². The molecular formula is C47H66O2. The first-order valence-electron chi connectivity index (χ1n) is 18.9. The third-order valence-electron chi connectivity index (χ3n) is 9.88. The topological polar surface area (TPSA) is 34.1 Å². The molecule has 266 valence electrons. The van der Waals surface area contributed by atoms with Crippen molar-refractivity contribution in [2.45, 2.75) is 152 Å². The third kappa shape index (κ3) is 16.2. The number of Topliss-reactive ketones (excluding diaryl/α,β-unsaturated/α-hetero) is 2. The minimum atomic E-state index is -0.0226. The summed E-state index contributed by atoms with van der Waals surface area (Å²) in [7, 11) is 0. The zero-order chi connectivity index (χ0) is 36.2. The van der Waals surface area contributed by atoms with Crippen LogP contribution in [0, 0.1) is 0 Å². The van der Waals surface area contributed by atoms with E-state index >= 15 is 0 Å². The SMILES string of the molecule is CC/C(C)=C/CC/C(C)=C/CC/C(C)=C/CC/C(C)=C/CC/C(C)=C/CC/C(C)=C/CC/C(C)=C/CC1=C(C)C(=O)c2ccccc2C1=O. The van der Waals surface area contributed by atoms with E-state index in [1.807, 2.05) is 12.1 Å². The van der Waals surface area contributed by atoms with Crippen molar-refractivity contribution in [1.29, 1.82) is 0 Å². The molecule has 0 radical (unpaired) electrons. The van der Waals surface area contributed by atoms with Gasteiger partial charge in [-0.3, -0.25) is 9.59 Å². The lowest BCUT2D eigenvalue weighted by molar-refractivity contribution is 0.0973. The molecule has 2 heteroatoms. The van der Waals surface area contributed by atoms with Crippen molar-refractivity contribution in [2.75, 3.05) is 0 Å². The van der Waals surface area contributed by atoms with Crippen molar-refractivity contribution >= 4 is 11.6 Å². The maximum Gasteiger partial charge on any atom is 0.190 e. The van der Waals surface area contributed by atoms with Crippen LogP contribution in [0.25, 0.3) is 0 Å². The van der Waals surface area contributed by atoms with Gasteiger partial charge < -0.3 is 0 Å². The zero-order valence-corrected chi connectivity index (χ0v) is 32.6. The van der Waals surface area contributed by atoms with Gasteiger partial charge in [-0.05, 0) is 145 Å². The highest BCUT2D eigenvalue weighted by atomic mass is 16.1. The predicted molar refractivity (Wildman–Crippen MR) is 214 cm³/mol. The fourth-order valence-electron chi connectivity index (χ4n) is 6.11. The number of fused-ring (bicyclic) bond motifs is 1. The molecule has 49 heavy (non-hydrogen) atoms. The quantitative estimate of drug-likeness (QED) is 0.123. The fraction of sp³-hybridized carbons (Fsp3) is 0.489. The Morgan fingerprint density at radius 3 is 1.12 bits per heavy atom. The monoisotopic (exact) mass is 663 g/mol. The molecule has 0 saturated heterocycles. The van der Waals surface area contributed by atoms with Crippen LogP contribution in [0.15, 0.2) is 117 Å². The van der Waals surface area contributed by atoms with E-state index in [0.29, 0.717) is 28.7 Å². The number of carbonyl (C=O) groups excluding carboxylic acids is 2. The van der Waals surface area contributed by atoms with Crippen LogP contribution in [0.4, 0.5) is 0 Å². The summed E-state index contributed by atoms with van der Waals surface area (Å²) in [4.78, 5) is 25.7. The van der Waals surface area contributed by atoms with Crippen LogP contribution in [0.5, 0.6) is 0 Å². The summed E-state index contributed by atoms with van der Waals surface area (Å²) >= 11 is 0. The van der Waals surface area contributed by atoms with E-state index in [0.717, 1.165) is 64.2 Å². The fourth-order valence-corrected chi connectivity index (χ4v) is 6.11. The molecule has 0 bridgehead atoms. The first kappa shape index (κ1) is 41.7. The Hall–Kier alpha value is -3.52. The van der Waals surface area contributed by atoms with Gasteiger partial charge in [0.05, 0.1) is 0 Å². The minimum absolute atomic E-state index is 0.00811. The second-order valence-corrected chi connectivity index (χ2v) is 14.5. The maximum absolute atomic E-state index is 13.0. The van der Waals surface area contributed by atoms with Crippen LogP contribution in [-0.2, 0) is 0 Å². The average Bonchev–Trinajstić information content (AvgIpc) is 3.07. The van der Waals surface area contributed by atoms with Crippen LogP contribution in [0.3, 0.4) is 0 Å². The van der Waals surface area contributed by atoms with E-state index in [4.69, 9.17) is 0 Å². The van der Waals surface area contributed by atoms with Crippen molar-refractivity contribution < 1.29 is 9.59 Å². The molecule has 0 aliphatic heterocycles. The van der Waals surface area contributed by atoms with Gasteiger partial charge in [-0.1, -0.05) is 113 Å². The standard InChI is InChI=1S/C47H66O2/c1-10-35(2)19-13-20-36(3)21-14-22-37(4)23-15-24-38(5)25-16-26-39(6)27-17-28-40(7)29-18-30-41(8)33-34-43-42(9)46(48)44-31-11-12-32-45(44)47(43)49/h11-12,19,21,23,25,27,29,31-33H,10,13-18,20,22,24,26,28,30,34H2,1-9H3/b35-19+,36-21+,37-23+,38-25+,39-27+,40-29+,41-33+.